The van der Waals surface area contributed by atoms with Gasteiger partial charge in [-0.3, -0.25) is 4.79 Å². The summed E-state index contributed by atoms with van der Waals surface area (Å²) in [4.78, 5) is 12.1. The summed E-state index contributed by atoms with van der Waals surface area (Å²) in [5, 5.41) is 9.15. The fraction of sp³-hybridized carbons (Fsp3) is 0.500. The number of Topliss-reactive ketones (excluding diaryl/α,β-unsaturated/α-hetero) is 1. The van der Waals surface area contributed by atoms with E-state index in [9.17, 15) is 4.79 Å². The van der Waals surface area contributed by atoms with E-state index in [-0.39, 0.29) is 17.1 Å². The molecule has 0 heterocycles. The average molecular weight is 239 g/mol. The zero-order valence-electron chi connectivity index (χ0n) is 10.9. The van der Waals surface area contributed by atoms with Crippen LogP contribution in [0.15, 0.2) is 34.9 Å². The Morgan fingerprint density at radius 2 is 2.22 bits per heavy atom. The van der Waals surface area contributed by atoms with E-state index in [4.69, 9.17) is 5.26 Å². The lowest BCUT2D eigenvalue weighted by Gasteiger charge is -2.47. The van der Waals surface area contributed by atoms with Crippen LogP contribution in [-0.4, -0.2) is 5.78 Å². The van der Waals surface area contributed by atoms with Crippen LogP contribution in [0.1, 0.15) is 33.1 Å². The highest BCUT2D eigenvalue weighted by Crippen LogP contribution is 2.55. The molecule has 3 aliphatic rings. The van der Waals surface area contributed by atoms with Gasteiger partial charge in [0.2, 0.25) is 0 Å². The Bertz CT molecular complexity index is 558. The van der Waals surface area contributed by atoms with E-state index < -0.39 is 0 Å². The summed E-state index contributed by atoms with van der Waals surface area (Å²) in [6.07, 6.45) is 9.64. The highest BCUT2D eigenvalue weighted by Gasteiger charge is 2.49. The van der Waals surface area contributed by atoms with E-state index in [1.165, 1.54) is 11.1 Å². The van der Waals surface area contributed by atoms with Crippen molar-refractivity contribution in [2.75, 3.05) is 0 Å². The summed E-state index contributed by atoms with van der Waals surface area (Å²) in [6, 6.07) is 2.09. The lowest BCUT2D eigenvalue weighted by molar-refractivity contribution is -0.122. The number of ketones is 1. The van der Waals surface area contributed by atoms with Crippen molar-refractivity contribution in [1.29, 1.82) is 5.26 Å². The highest BCUT2D eigenvalue weighted by atomic mass is 16.1. The molecule has 1 saturated carbocycles. The van der Waals surface area contributed by atoms with E-state index in [0.717, 1.165) is 19.3 Å². The van der Waals surface area contributed by atoms with Gasteiger partial charge in [0.15, 0.2) is 5.78 Å². The normalized spacial score (nSPS) is 38.1. The van der Waals surface area contributed by atoms with Gasteiger partial charge in [-0.1, -0.05) is 32.1 Å². The molecule has 0 amide bonds. The molecule has 3 aliphatic carbocycles. The van der Waals surface area contributed by atoms with Crippen LogP contribution < -0.4 is 0 Å². The third-order valence-corrected chi connectivity index (χ3v) is 4.95. The summed E-state index contributed by atoms with van der Waals surface area (Å²) in [6.45, 7) is 4.18. The smallest absolute Gasteiger partial charge is 0.176 e. The molecule has 0 N–H and O–H groups in total. The van der Waals surface area contributed by atoms with Crippen molar-refractivity contribution >= 4 is 5.78 Å². The van der Waals surface area contributed by atoms with Gasteiger partial charge in [0, 0.05) is 11.3 Å². The molecule has 3 atom stereocenters. The van der Waals surface area contributed by atoms with Gasteiger partial charge < -0.3 is 0 Å². The lowest BCUT2D eigenvalue weighted by atomic mass is 9.55. The third-order valence-electron chi connectivity index (χ3n) is 4.95. The van der Waals surface area contributed by atoms with Gasteiger partial charge in [-0.25, -0.2) is 0 Å². The summed E-state index contributed by atoms with van der Waals surface area (Å²) < 4.78 is 0. The molecule has 92 valence electrons. The van der Waals surface area contributed by atoms with Crippen molar-refractivity contribution in [2.45, 2.75) is 33.1 Å². The predicted molar refractivity (Wildman–Crippen MR) is 69.5 cm³/mol. The molecule has 0 aromatic carbocycles. The lowest BCUT2D eigenvalue weighted by Crippen LogP contribution is -2.43. The molecular weight excluding hydrogens is 222 g/mol. The number of rotatable bonds is 0. The third kappa shape index (κ3) is 1.31. The number of hydrogen-bond donors (Lipinski definition) is 0. The molecule has 2 heteroatoms. The van der Waals surface area contributed by atoms with Gasteiger partial charge in [0.25, 0.3) is 0 Å². The van der Waals surface area contributed by atoms with Crippen LogP contribution in [0.3, 0.4) is 0 Å². The number of fused-ring (bicyclic) bond motifs is 3. The minimum atomic E-state index is -0.112. The van der Waals surface area contributed by atoms with Crippen molar-refractivity contribution < 1.29 is 4.79 Å². The maximum absolute atomic E-state index is 12.1. The Hall–Kier alpha value is -1.62. The van der Waals surface area contributed by atoms with Crippen molar-refractivity contribution in [2.24, 2.45) is 17.3 Å². The molecule has 0 spiro atoms. The first-order valence-corrected chi connectivity index (χ1v) is 6.65. The Kier molecular flexibility index (Phi) is 2.35. The van der Waals surface area contributed by atoms with Gasteiger partial charge in [-0.2, -0.15) is 5.26 Å². The number of carbonyl (C=O) groups is 1. The largest absolute Gasteiger partial charge is 0.293 e. The van der Waals surface area contributed by atoms with Crippen LogP contribution in [0.5, 0.6) is 0 Å². The van der Waals surface area contributed by atoms with Crippen molar-refractivity contribution in [3.63, 3.8) is 0 Å². The van der Waals surface area contributed by atoms with Crippen LogP contribution in [0.4, 0.5) is 0 Å². The summed E-state index contributed by atoms with van der Waals surface area (Å²) >= 11 is 0. The van der Waals surface area contributed by atoms with Gasteiger partial charge in [0.05, 0.1) is 5.57 Å². The van der Waals surface area contributed by atoms with Crippen LogP contribution in [-0.2, 0) is 4.79 Å². The van der Waals surface area contributed by atoms with E-state index in [0.29, 0.717) is 11.5 Å². The summed E-state index contributed by atoms with van der Waals surface area (Å²) in [5.74, 6) is 0.354. The Balaban J connectivity index is 2.17. The first-order chi connectivity index (χ1) is 8.58. The standard InChI is InChI=1S/C16H17NO/c1-10-13-7-6-11-4-3-5-14(11)16(13,2)8-12(9-17)15(10)18/h4-5,8,10,13H,3,6-7H2,1-2H3/t10-,13-,16-/m0/s1. The monoisotopic (exact) mass is 239 g/mol. The number of hydrogen-bond acceptors (Lipinski definition) is 2. The zero-order chi connectivity index (χ0) is 12.9. The molecule has 0 saturated heterocycles. The first kappa shape index (κ1) is 11.5. The fourth-order valence-electron chi connectivity index (χ4n) is 4.01. The number of carbonyl (C=O) groups excluding carboxylic acids is 1. The topological polar surface area (TPSA) is 40.9 Å². The minimum Gasteiger partial charge on any atom is -0.293 e. The number of allylic oxidation sites excluding steroid dienone is 6. The van der Waals surface area contributed by atoms with Crippen molar-refractivity contribution in [3.8, 4) is 6.07 Å². The van der Waals surface area contributed by atoms with Crippen LogP contribution in [0, 0.1) is 28.6 Å². The predicted octanol–water partition coefficient (Wildman–Crippen LogP) is 3.33. The zero-order valence-corrected chi connectivity index (χ0v) is 10.9. The van der Waals surface area contributed by atoms with E-state index in [2.05, 4.69) is 25.1 Å². The van der Waals surface area contributed by atoms with E-state index in [1.807, 2.05) is 13.0 Å². The second kappa shape index (κ2) is 3.68. The maximum Gasteiger partial charge on any atom is 0.176 e. The van der Waals surface area contributed by atoms with Gasteiger partial charge in [0.1, 0.15) is 6.07 Å². The Morgan fingerprint density at radius 1 is 1.44 bits per heavy atom. The summed E-state index contributed by atoms with van der Waals surface area (Å²) in [5.41, 5.74) is 3.05. The van der Waals surface area contributed by atoms with Crippen LogP contribution in [0.2, 0.25) is 0 Å². The second-order valence-corrected chi connectivity index (χ2v) is 5.83. The molecule has 0 radical (unpaired) electrons. The van der Waals surface area contributed by atoms with E-state index >= 15 is 0 Å². The van der Waals surface area contributed by atoms with Gasteiger partial charge in [-0.05, 0) is 36.3 Å². The summed E-state index contributed by atoms with van der Waals surface area (Å²) in [7, 11) is 0. The van der Waals surface area contributed by atoms with Crippen molar-refractivity contribution in [3.05, 3.63) is 34.9 Å². The minimum absolute atomic E-state index is 0.0299. The molecule has 1 fully saturated rings. The molecule has 0 unspecified atom stereocenters. The Morgan fingerprint density at radius 3 is 2.94 bits per heavy atom. The number of nitriles is 1. The number of nitrogens with zero attached hydrogens (tertiary/aromatic N) is 1. The first-order valence-electron chi connectivity index (χ1n) is 6.65. The maximum atomic E-state index is 12.1. The van der Waals surface area contributed by atoms with Gasteiger partial charge >= 0.3 is 0 Å². The molecule has 0 bridgehead atoms. The quantitative estimate of drug-likeness (QED) is 0.650. The molecule has 2 nitrogen and oxygen atoms in total. The molecular formula is C16H17NO. The second-order valence-electron chi connectivity index (χ2n) is 5.83. The fourth-order valence-corrected chi connectivity index (χ4v) is 4.01. The molecule has 0 aromatic heterocycles. The average Bonchev–Trinajstić information content (AvgIpc) is 2.83. The van der Waals surface area contributed by atoms with Crippen LogP contribution >= 0.6 is 0 Å². The van der Waals surface area contributed by atoms with Gasteiger partial charge in [-0.15, -0.1) is 0 Å². The SMILES string of the molecule is C[C@@H]1C(=O)C(C#N)=C[C@]2(C)C3=CCC=C3CC[C@@H]12. The molecule has 3 rings (SSSR count). The van der Waals surface area contributed by atoms with E-state index in [1.54, 1.807) is 0 Å². The Labute approximate surface area is 108 Å². The van der Waals surface area contributed by atoms with Crippen LogP contribution in [0.25, 0.3) is 0 Å². The molecule has 18 heavy (non-hydrogen) atoms. The molecule has 0 aromatic rings. The van der Waals surface area contributed by atoms with Crippen molar-refractivity contribution in [1.82, 2.24) is 0 Å². The molecule has 0 aliphatic heterocycles. The highest BCUT2D eigenvalue weighted by molar-refractivity contribution is 6.02.